The van der Waals surface area contributed by atoms with E-state index >= 15 is 0 Å². The van der Waals surface area contributed by atoms with Gasteiger partial charge in [-0.25, -0.2) is 4.79 Å². The van der Waals surface area contributed by atoms with E-state index in [0.29, 0.717) is 13.1 Å². The van der Waals surface area contributed by atoms with Crippen LogP contribution in [0.1, 0.15) is 51.5 Å². The third kappa shape index (κ3) is 5.80. The van der Waals surface area contributed by atoms with Gasteiger partial charge in [-0.05, 0) is 51.3 Å². The van der Waals surface area contributed by atoms with E-state index in [4.69, 9.17) is 4.74 Å². The summed E-state index contributed by atoms with van der Waals surface area (Å²) in [6, 6.07) is 7.83. The van der Waals surface area contributed by atoms with Gasteiger partial charge in [0.05, 0.1) is 12.4 Å². The molecule has 1 aromatic rings. The van der Waals surface area contributed by atoms with Gasteiger partial charge in [-0.15, -0.1) is 11.8 Å². The van der Waals surface area contributed by atoms with Gasteiger partial charge in [-0.1, -0.05) is 19.1 Å². The van der Waals surface area contributed by atoms with Crippen molar-refractivity contribution in [3.63, 3.8) is 0 Å². The molecule has 7 heteroatoms. The van der Waals surface area contributed by atoms with Gasteiger partial charge in [-0.3, -0.25) is 4.79 Å². The van der Waals surface area contributed by atoms with Crippen LogP contribution < -0.4 is 10.1 Å². The Kier molecular flexibility index (Phi) is 7.63. The summed E-state index contributed by atoms with van der Waals surface area (Å²) in [5.41, 5.74) is 0.842. The molecule has 2 atom stereocenters. The van der Waals surface area contributed by atoms with Gasteiger partial charge in [-0.2, -0.15) is 0 Å². The molecule has 0 saturated carbocycles. The summed E-state index contributed by atoms with van der Waals surface area (Å²) in [7, 11) is 3.44. The van der Waals surface area contributed by atoms with Gasteiger partial charge >= 0.3 is 6.03 Å². The summed E-state index contributed by atoms with van der Waals surface area (Å²) in [4.78, 5) is 28.7. The lowest BCUT2D eigenvalue weighted by Gasteiger charge is -2.28. The standard InChI is InChI=1S/C21H33N3O3S/c1-7-17-18(25)24(14-8-13-23(5)20(26)22-21(2,3)4)19(28-17)15-9-11-16(27-6)12-10-15/h9-12,17,19H,7-8,13-14H2,1-6H3,(H,22,26)/t17-,19-/m1/s1. The first-order chi connectivity index (χ1) is 13.2. The van der Waals surface area contributed by atoms with Crippen LogP contribution in [0.4, 0.5) is 4.79 Å². The number of carbonyl (C=O) groups is 2. The van der Waals surface area contributed by atoms with E-state index in [1.807, 2.05) is 49.9 Å². The van der Waals surface area contributed by atoms with Crippen molar-refractivity contribution in [2.45, 2.75) is 56.7 Å². The van der Waals surface area contributed by atoms with Crippen LogP contribution in [0.5, 0.6) is 5.75 Å². The number of thioether (sulfide) groups is 1. The van der Waals surface area contributed by atoms with Crippen LogP contribution in [0.25, 0.3) is 0 Å². The molecule has 1 saturated heterocycles. The van der Waals surface area contributed by atoms with Crippen molar-refractivity contribution in [3.05, 3.63) is 29.8 Å². The van der Waals surface area contributed by atoms with Gasteiger partial charge in [0.2, 0.25) is 5.91 Å². The summed E-state index contributed by atoms with van der Waals surface area (Å²) in [5.74, 6) is 0.998. The maximum Gasteiger partial charge on any atom is 0.317 e. The molecule has 0 bridgehead atoms. The van der Waals surface area contributed by atoms with Gasteiger partial charge in [0.1, 0.15) is 11.1 Å². The van der Waals surface area contributed by atoms with Crippen molar-refractivity contribution >= 4 is 23.7 Å². The van der Waals surface area contributed by atoms with Crippen LogP contribution in [-0.2, 0) is 4.79 Å². The number of urea groups is 1. The fourth-order valence-corrected chi connectivity index (χ4v) is 4.54. The highest BCUT2D eigenvalue weighted by molar-refractivity contribution is 8.01. The number of ether oxygens (including phenoxy) is 1. The fourth-order valence-electron chi connectivity index (χ4n) is 3.11. The Morgan fingerprint density at radius 3 is 2.46 bits per heavy atom. The third-order valence-corrected chi connectivity index (χ3v) is 6.28. The maximum absolute atomic E-state index is 12.8. The van der Waals surface area contributed by atoms with Crippen LogP contribution in [-0.4, -0.2) is 59.8 Å². The van der Waals surface area contributed by atoms with E-state index in [1.54, 1.807) is 30.8 Å². The summed E-state index contributed by atoms with van der Waals surface area (Å²) in [6.45, 7) is 9.17. The first-order valence-corrected chi connectivity index (χ1v) is 10.7. The van der Waals surface area contributed by atoms with Crippen molar-refractivity contribution in [3.8, 4) is 5.75 Å². The first kappa shape index (κ1) is 22.4. The zero-order chi connectivity index (χ0) is 20.9. The van der Waals surface area contributed by atoms with Gasteiger partial charge < -0.3 is 19.9 Å². The molecule has 0 aliphatic carbocycles. The highest BCUT2D eigenvalue weighted by atomic mass is 32.2. The lowest BCUT2D eigenvalue weighted by Crippen LogP contribution is -2.47. The minimum atomic E-state index is -0.263. The van der Waals surface area contributed by atoms with E-state index in [-0.39, 0.29) is 28.1 Å². The van der Waals surface area contributed by atoms with Crippen molar-refractivity contribution in [2.24, 2.45) is 0 Å². The van der Waals surface area contributed by atoms with Crippen LogP contribution in [0.15, 0.2) is 24.3 Å². The Balaban J connectivity index is 1.99. The van der Waals surface area contributed by atoms with Crippen molar-refractivity contribution in [2.75, 3.05) is 27.2 Å². The van der Waals surface area contributed by atoms with E-state index in [2.05, 4.69) is 12.2 Å². The Morgan fingerprint density at radius 1 is 1.29 bits per heavy atom. The largest absolute Gasteiger partial charge is 0.497 e. The fraction of sp³-hybridized carbons (Fsp3) is 0.619. The summed E-state index contributed by atoms with van der Waals surface area (Å²) >= 11 is 1.71. The normalized spacial score (nSPS) is 19.6. The molecule has 6 nitrogen and oxygen atoms in total. The number of hydrogen-bond donors (Lipinski definition) is 1. The van der Waals surface area contributed by atoms with Crippen molar-refractivity contribution in [1.82, 2.24) is 15.1 Å². The SMILES string of the molecule is CC[C@H]1S[C@H](c2ccc(OC)cc2)N(CCCN(C)C(=O)NC(C)(C)C)C1=O. The van der Waals surface area contributed by atoms with E-state index in [0.717, 1.165) is 24.2 Å². The number of nitrogens with zero attached hydrogens (tertiary/aromatic N) is 2. The molecule has 1 heterocycles. The molecular weight excluding hydrogens is 374 g/mol. The predicted molar refractivity (Wildman–Crippen MR) is 115 cm³/mol. The summed E-state index contributed by atoms with van der Waals surface area (Å²) < 4.78 is 5.24. The minimum Gasteiger partial charge on any atom is -0.497 e. The smallest absolute Gasteiger partial charge is 0.317 e. The molecule has 1 aliphatic rings. The Labute approximate surface area is 173 Å². The molecule has 0 unspecified atom stereocenters. The molecule has 1 N–H and O–H groups in total. The average Bonchev–Trinajstić information content (AvgIpc) is 2.96. The monoisotopic (exact) mass is 407 g/mol. The Morgan fingerprint density at radius 2 is 1.93 bits per heavy atom. The second kappa shape index (κ2) is 9.54. The van der Waals surface area contributed by atoms with Crippen LogP contribution in [0.3, 0.4) is 0 Å². The van der Waals surface area contributed by atoms with E-state index in [1.165, 1.54) is 0 Å². The summed E-state index contributed by atoms with van der Waals surface area (Å²) in [6.07, 6.45) is 1.56. The van der Waals surface area contributed by atoms with Gasteiger partial charge in [0, 0.05) is 25.7 Å². The summed E-state index contributed by atoms with van der Waals surface area (Å²) in [5, 5.41) is 2.96. The molecule has 0 aromatic heterocycles. The van der Waals surface area contributed by atoms with Crippen LogP contribution in [0, 0.1) is 0 Å². The predicted octanol–water partition coefficient (Wildman–Crippen LogP) is 3.88. The maximum atomic E-state index is 12.8. The molecule has 1 aromatic carbocycles. The highest BCUT2D eigenvalue weighted by Crippen LogP contribution is 2.44. The Bertz CT molecular complexity index is 672. The molecule has 28 heavy (non-hydrogen) atoms. The van der Waals surface area contributed by atoms with Crippen molar-refractivity contribution < 1.29 is 14.3 Å². The second-order valence-electron chi connectivity index (χ2n) is 8.15. The van der Waals surface area contributed by atoms with Crippen LogP contribution >= 0.6 is 11.8 Å². The number of nitrogens with one attached hydrogen (secondary N) is 1. The average molecular weight is 408 g/mol. The number of hydrogen-bond acceptors (Lipinski definition) is 4. The van der Waals surface area contributed by atoms with E-state index in [9.17, 15) is 9.59 Å². The number of rotatable bonds is 7. The number of amides is 3. The molecule has 1 fully saturated rings. The quantitative estimate of drug-likeness (QED) is 0.745. The molecule has 3 amide bonds. The molecular formula is C21H33N3O3S. The topological polar surface area (TPSA) is 61.9 Å². The van der Waals surface area contributed by atoms with Crippen LogP contribution in [0.2, 0.25) is 0 Å². The molecule has 1 aliphatic heterocycles. The van der Waals surface area contributed by atoms with Crippen molar-refractivity contribution in [1.29, 1.82) is 0 Å². The lowest BCUT2D eigenvalue weighted by atomic mass is 10.1. The zero-order valence-corrected chi connectivity index (χ0v) is 18.6. The number of benzene rings is 1. The minimum absolute atomic E-state index is 0.00554. The second-order valence-corrected chi connectivity index (χ2v) is 9.43. The zero-order valence-electron chi connectivity index (χ0n) is 17.8. The first-order valence-electron chi connectivity index (χ1n) is 9.79. The van der Waals surface area contributed by atoms with Gasteiger partial charge in [0.15, 0.2) is 0 Å². The third-order valence-electron chi connectivity index (χ3n) is 4.63. The number of methoxy groups -OCH3 is 1. The highest BCUT2D eigenvalue weighted by Gasteiger charge is 2.39. The molecule has 156 valence electrons. The molecule has 2 rings (SSSR count). The Hall–Kier alpha value is -1.89. The molecule has 0 spiro atoms. The molecule has 0 radical (unpaired) electrons. The van der Waals surface area contributed by atoms with E-state index < -0.39 is 0 Å². The lowest BCUT2D eigenvalue weighted by molar-refractivity contribution is -0.130. The number of carbonyl (C=O) groups excluding carboxylic acids is 2. The van der Waals surface area contributed by atoms with Gasteiger partial charge in [0.25, 0.3) is 0 Å².